The molecule has 2 heterocycles. The van der Waals surface area contributed by atoms with Gasteiger partial charge in [0.15, 0.2) is 0 Å². The highest BCUT2D eigenvalue weighted by atomic mass is 32.2. The van der Waals surface area contributed by atoms with Crippen LogP contribution in [-0.2, 0) is 0 Å². The molecule has 1 aromatic heterocycles. The Morgan fingerprint density at radius 1 is 0.500 bits per heavy atom. The fourth-order valence-electron chi connectivity index (χ4n) is 7.72. The van der Waals surface area contributed by atoms with Gasteiger partial charge in [0.05, 0.1) is 0 Å². The van der Waals surface area contributed by atoms with Gasteiger partial charge in [-0.25, -0.2) is 0 Å². The molecule has 0 bridgehead atoms. The molecule has 2 aliphatic rings. The van der Waals surface area contributed by atoms with Crippen LogP contribution < -0.4 is 0 Å². The van der Waals surface area contributed by atoms with Crippen molar-refractivity contribution in [2.75, 3.05) is 0 Å². The Labute approximate surface area is 264 Å². The zero-order valence-corrected chi connectivity index (χ0v) is 25.5. The van der Waals surface area contributed by atoms with E-state index >= 15 is 0 Å². The van der Waals surface area contributed by atoms with Gasteiger partial charge < -0.3 is 0 Å². The molecular weight excluding hydrogens is 569 g/mol. The highest BCUT2D eigenvalue weighted by molar-refractivity contribution is 8.00. The first kappa shape index (κ1) is 24.8. The first-order chi connectivity index (χ1) is 21.8. The van der Waals surface area contributed by atoms with Crippen molar-refractivity contribution in [3.05, 3.63) is 151 Å². The molecule has 0 saturated heterocycles. The summed E-state index contributed by atoms with van der Waals surface area (Å²) in [4.78, 5) is 1.41. The van der Waals surface area contributed by atoms with Crippen LogP contribution in [0.1, 0.15) is 17.5 Å². The van der Waals surface area contributed by atoms with Crippen LogP contribution in [0.4, 0.5) is 0 Å². The lowest BCUT2D eigenvalue weighted by molar-refractivity contribution is 1.11. The first-order valence-electron chi connectivity index (χ1n) is 15.3. The minimum Gasteiger partial charge on any atom is -0.135 e. The second-order valence-corrected chi connectivity index (χ2v) is 14.2. The quantitative estimate of drug-likeness (QED) is 0.179. The van der Waals surface area contributed by atoms with Gasteiger partial charge in [0.2, 0.25) is 0 Å². The molecule has 0 radical (unpaired) electrons. The van der Waals surface area contributed by atoms with Crippen LogP contribution in [0.25, 0.3) is 74.8 Å². The molecule has 10 rings (SSSR count). The molecule has 1 unspecified atom stereocenters. The number of thiophene rings is 1. The summed E-state index contributed by atoms with van der Waals surface area (Å²) in [5.74, 6) is 0. The van der Waals surface area contributed by atoms with Gasteiger partial charge in [0.1, 0.15) is 0 Å². The smallest absolute Gasteiger partial charge is 0.0434 e. The van der Waals surface area contributed by atoms with Gasteiger partial charge in [-0.15, -0.1) is 23.1 Å². The zero-order valence-electron chi connectivity index (χ0n) is 23.9. The van der Waals surface area contributed by atoms with E-state index in [9.17, 15) is 0 Å². The van der Waals surface area contributed by atoms with Crippen LogP contribution >= 0.6 is 23.1 Å². The van der Waals surface area contributed by atoms with E-state index < -0.39 is 0 Å². The normalized spacial score (nSPS) is 16.0. The summed E-state index contributed by atoms with van der Waals surface area (Å²) in [5, 5.41) is 11.1. The molecule has 1 aliphatic heterocycles. The summed E-state index contributed by atoms with van der Waals surface area (Å²) >= 11 is 3.95. The number of thioether (sulfide) groups is 1. The predicted octanol–water partition coefficient (Wildman–Crippen LogP) is 12.5. The number of hydrogen-bond donors (Lipinski definition) is 0. The Morgan fingerprint density at radius 3 is 1.95 bits per heavy atom. The Kier molecular flexibility index (Phi) is 5.31. The second kappa shape index (κ2) is 9.43. The average molecular weight is 595 g/mol. The van der Waals surface area contributed by atoms with E-state index in [0.29, 0.717) is 5.25 Å². The van der Waals surface area contributed by atoms with Crippen molar-refractivity contribution >= 4 is 86.7 Å². The first-order valence-corrected chi connectivity index (χ1v) is 17.0. The molecule has 8 aromatic rings. The maximum absolute atomic E-state index is 2.40. The molecule has 0 spiro atoms. The molecule has 7 aromatic carbocycles. The standard InChI is InChI=1S/C42H26S2/c1-2-11-27-25(10-1)20-23-35-41-34(17-9-19-37(41)44-42(27)35)40-32-15-5-3-13-30(32)39(31-14-4-6-16-33(31)40)26-21-22-29-28-12-7-8-18-36(28)43-38(29)24-26/h1-23,38H,24H2. The molecule has 1 atom stereocenters. The lowest BCUT2D eigenvalue weighted by Gasteiger charge is -2.23. The van der Waals surface area contributed by atoms with Crippen molar-refractivity contribution in [3.8, 4) is 11.1 Å². The molecule has 0 amide bonds. The van der Waals surface area contributed by atoms with E-state index in [2.05, 4.69) is 140 Å². The molecule has 0 N–H and O–H groups in total. The minimum absolute atomic E-state index is 0.463. The van der Waals surface area contributed by atoms with E-state index in [-0.39, 0.29) is 0 Å². The largest absolute Gasteiger partial charge is 0.135 e. The summed E-state index contributed by atoms with van der Waals surface area (Å²) in [6, 6.07) is 47.4. The second-order valence-electron chi connectivity index (χ2n) is 11.9. The van der Waals surface area contributed by atoms with Crippen molar-refractivity contribution in [1.82, 2.24) is 0 Å². The van der Waals surface area contributed by atoms with E-state index in [1.165, 1.54) is 90.8 Å². The van der Waals surface area contributed by atoms with Crippen LogP contribution in [0.15, 0.2) is 144 Å². The Balaban J connectivity index is 1.27. The predicted molar refractivity (Wildman–Crippen MR) is 194 cm³/mol. The average Bonchev–Trinajstić information content (AvgIpc) is 3.65. The Morgan fingerprint density at radius 2 is 1.16 bits per heavy atom. The fourth-order valence-corrected chi connectivity index (χ4v) is 10.4. The third-order valence-corrected chi connectivity index (χ3v) is 12.1. The van der Waals surface area contributed by atoms with Crippen LogP contribution in [0.2, 0.25) is 0 Å². The van der Waals surface area contributed by atoms with Crippen molar-refractivity contribution in [1.29, 1.82) is 0 Å². The van der Waals surface area contributed by atoms with E-state index in [1.54, 1.807) is 0 Å². The molecule has 44 heavy (non-hydrogen) atoms. The van der Waals surface area contributed by atoms with Gasteiger partial charge >= 0.3 is 0 Å². The Bertz CT molecular complexity index is 2500. The third kappa shape index (κ3) is 3.47. The van der Waals surface area contributed by atoms with Crippen LogP contribution in [0, 0.1) is 0 Å². The summed E-state index contributed by atoms with van der Waals surface area (Å²) in [7, 11) is 0. The van der Waals surface area contributed by atoms with E-state index in [4.69, 9.17) is 0 Å². The maximum atomic E-state index is 2.40. The molecule has 206 valence electrons. The summed E-state index contributed by atoms with van der Waals surface area (Å²) in [5.41, 5.74) is 8.37. The monoisotopic (exact) mass is 594 g/mol. The highest BCUT2D eigenvalue weighted by Gasteiger charge is 2.31. The topological polar surface area (TPSA) is 0 Å². The van der Waals surface area contributed by atoms with E-state index in [1.807, 2.05) is 23.1 Å². The van der Waals surface area contributed by atoms with Gasteiger partial charge in [0.25, 0.3) is 0 Å². The van der Waals surface area contributed by atoms with Crippen molar-refractivity contribution in [3.63, 3.8) is 0 Å². The summed E-state index contributed by atoms with van der Waals surface area (Å²) < 4.78 is 2.72. The molecule has 0 nitrogen and oxygen atoms in total. The minimum atomic E-state index is 0.463. The lowest BCUT2D eigenvalue weighted by atomic mass is 9.82. The number of hydrogen-bond acceptors (Lipinski definition) is 2. The van der Waals surface area contributed by atoms with Gasteiger partial charge in [-0.05, 0) is 84.3 Å². The van der Waals surface area contributed by atoms with Crippen LogP contribution in [0.3, 0.4) is 0 Å². The van der Waals surface area contributed by atoms with Crippen molar-refractivity contribution in [2.45, 2.75) is 16.6 Å². The maximum Gasteiger partial charge on any atom is 0.0434 e. The molecular formula is C42H26S2. The molecule has 2 heteroatoms. The molecule has 0 saturated carbocycles. The van der Waals surface area contributed by atoms with Crippen molar-refractivity contribution in [2.24, 2.45) is 0 Å². The van der Waals surface area contributed by atoms with Gasteiger partial charge in [0, 0.05) is 30.3 Å². The number of fused-ring (bicyclic) bond motifs is 10. The summed E-state index contributed by atoms with van der Waals surface area (Å²) in [6.07, 6.45) is 5.83. The fraction of sp³-hybridized carbons (Fsp3) is 0.0476. The van der Waals surface area contributed by atoms with Gasteiger partial charge in [-0.3, -0.25) is 0 Å². The van der Waals surface area contributed by atoms with Gasteiger partial charge in [-0.1, -0.05) is 127 Å². The molecule has 1 aliphatic carbocycles. The van der Waals surface area contributed by atoms with Gasteiger partial charge in [-0.2, -0.15) is 0 Å². The zero-order chi connectivity index (χ0) is 28.8. The van der Waals surface area contributed by atoms with E-state index in [0.717, 1.165) is 6.42 Å². The third-order valence-electron chi connectivity index (χ3n) is 9.59. The SMILES string of the molecule is C1=C(c2c3ccccc3c(-c3cccc4sc5c6ccccc6ccc5c34)c3ccccc23)CC2Sc3ccccc3C2=C1. The lowest BCUT2D eigenvalue weighted by Crippen LogP contribution is -2.06. The van der Waals surface area contributed by atoms with Crippen LogP contribution in [0.5, 0.6) is 0 Å². The Hall–Kier alpha value is -4.63. The number of benzene rings is 7. The highest BCUT2D eigenvalue weighted by Crippen LogP contribution is 2.53. The van der Waals surface area contributed by atoms with Crippen LogP contribution in [-0.4, -0.2) is 5.25 Å². The molecule has 0 fully saturated rings. The van der Waals surface area contributed by atoms with Crippen molar-refractivity contribution < 1.29 is 0 Å². The summed E-state index contributed by atoms with van der Waals surface area (Å²) in [6.45, 7) is 0. The number of rotatable bonds is 2. The number of allylic oxidation sites excluding steroid dienone is 3.